The van der Waals surface area contributed by atoms with E-state index in [4.69, 9.17) is 5.73 Å². The molecule has 0 radical (unpaired) electrons. The minimum Gasteiger partial charge on any atom is -0.368 e. The van der Waals surface area contributed by atoms with Crippen LogP contribution in [0, 0.1) is 5.82 Å². The first-order chi connectivity index (χ1) is 12.6. The number of amides is 1. The Labute approximate surface area is 151 Å². The summed E-state index contributed by atoms with van der Waals surface area (Å²) in [6, 6.07) is 12.8. The largest absolute Gasteiger partial charge is 0.368 e. The Kier molecular flexibility index (Phi) is 5.66. The number of hydrogen-bond donors (Lipinski definition) is 1. The van der Waals surface area contributed by atoms with E-state index in [1.807, 2.05) is 29.2 Å². The lowest BCUT2D eigenvalue weighted by Crippen LogP contribution is -2.37. The van der Waals surface area contributed by atoms with Crippen molar-refractivity contribution in [3.63, 3.8) is 0 Å². The standard InChI is InChI=1S/C20H19FN4O/c21-18-6-2-1-5-17(18)19(20(22)26)25(13-15-7-10-23-11-8-15)14-16-4-3-9-24-12-16/h1-12,19H,13-14H2,(H2,22,26). The van der Waals surface area contributed by atoms with Crippen LogP contribution in [0.5, 0.6) is 0 Å². The van der Waals surface area contributed by atoms with Crippen LogP contribution in [-0.4, -0.2) is 20.8 Å². The van der Waals surface area contributed by atoms with E-state index in [1.54, 1.807) is 43.0 Å². The molecule has 2 N–H and O–H groups in total. The number of carbonyl (C=O) groups is 1. The van der Waals surface area contributed by atoms with Crippen LogP contribution in [0.25, 0.3) is 0 Å². The summed E-state index contributed by atoms with van der Waals surface area (Å²) in [6.45, 7) is 0.817. The van der Waals surface area contributed by atoms with E-state index >= 15 is 0 Å². The fourth-order valence-corrected chi connectivity index (χ4v) is 2.91. The third-order valence-electron chi connectivity index (χ3n) is 4.08. The van der Waals surface area contributed by atoms with Crippen molar-refractivity contribution in [1.29, 1.82) is 0 Å². The first-order valence-corrected chi connectivity index (χ1v) is 8.21. The Bertz CT molecular complexity index is 816. The van der Waals surface area contributed by atoms with E-state index < -0.39 is 17.8 Å². The van der Waals surface area contributed by atoms with Gasteiger partial charge in [0.1, 0.15) is 11.9 Å². The van der Waals surface area contributed by atoms with Crippen LogP contribution in [0.3, 0.4) is 0 Å². The minimum absolute atomic E-state index is 0.262. The third-order valence-corrected chi connectivity index (χ3v) is 4.08. The molecule has 1 aromatic carbocycles. The summed E-state index contributed by atoms with van der Waals surface area (Å²) < 4.78 is 14.4. The number of hydrogen-bond acceptors (Lipinski definition) is 4. The first kappa shape index (κ1) is 17.7. The molecule has 1 unspecified atom stereocenters. The van der Waals surface area contributed by atoms with Crippen LogP contribution in [0.2, 0.25) is 0 Å². The van der Waals surface area contributed by atoms with Crippen molar-refractivity contribution in [3.8, 4) is 0 Å². The molecule has 3 aromatic rings. The lowest BCUT2D eigenvalue weighted by atomic mass is 10.0. The molecular formula is C20H19FN4O. The average Bonchev–Trinajstić information content (AvgIpc) is 2.65. The molecule has 1 amide bonds. The smallest absolute Gasteiger partial charge is 0.239 e. The van der Waals surface area contributed by atoms with Gasteiger partial charge in [0, 0.05) is 43.4 Å². The zero-order chi connectivity index (χ0) is 18.4. The Hall–Kier alpha value is -3.12. The lowest BCUT2D eigenvalue weighted by molar-refractivity contribution is -0.124. The van der Waals surface area contributed by atoms with Crippen molar-refractivity contribution in [2.24, 2.45) is 5.73 Å². The first-order valence-electron chi connectivity index (χ1n) is 8.21. The number of primary amides is 1. The second-order valence-corrected chi connectivity index (χ2v) is 5.95. The highest BCUT2D eigenvalue weighted by molar-refractivity contribution is 5.81. The van der Waals surface area contributed by atoms with Gasteiger partial charge in [-0.15, -0.1) is 0 Å². The van der Waals surface area contributed by atoms with Gasteiger partial charge >= 0.3 is 0 Å². The van der Waals surface area contributed by atoms with Crippen LogP contribution < -0.4 is 5.73 Å². The van der Waals surface area contributed by atoms with Crippen LogP contribution >= 0.6 is 0 Å². The van der Waals surface area contributed by atoms with Crippen molar-refractivity contribution >= 4 is 5.91 Å². The third kappa shape index (κ3) is 4.29. The molecular weight excluding hydrogens is 331 g/mol. The van der Waals surface area contributed by atoms with Gasteiger partial charge in [-0.05, 0) is 35.4 Å². The summed E-state index contributed by atoms with van der Waals surface area (Å²) in [5, 5.41) is 0. The molecule has 0 fully saturated rings. The molecule has 6 heteroatoms. The SMILES string of the molecule is NC(=O)C(c1ccccc1F)N(Cc1ccncc1)Cc1cccnc1. The normalized spacial score (nSPS) is 12.1. The molecule has 0 saturated carbocycles. The Morgan fingerprint density at radius 3 is 2.35 bits per heavy atom. The maximum atomic E-state index is 14.4. The minimum atomic E-state index is -0.899. The molecule has 2 heterocycles. The molecule has 5 nitrogen and oxygen atoms in total. The summed E-state index contributed by atoms with van der Waals surface area (Å²) in [6.07, 6.45) is 6.76. The summed E-state index contributed by atoms with van der Waals surface area (Å²) in [7, 11) is 0. The van der Waals surface area contributed by atoms with Gasteiger partial charge in [-0.1, -0.05) is 24.3 Å². The molecule has 0 spiro atoms. The summed E-state index contributed by atoms with van der Waals surface area (Å²) in [5.41, 5.74) is 7.79. The summed E-state index contributed by atoms with van der Waals surface area (Å²) in [5.74, 6) is -1.06. The zero-order valence-corrected chi connectivity index (χ0v) is 14.1. The Balaban J connectivity index is 1.99. The molecule has 0 saturated heterocycles. The predicted molar refractivity (Wildman–Crippen MR) is 96.1 cm³/mol. The predicted octanol–water partition coefficient (Wildman–Crippen LogP) is 2.84. The lowest BCUT2D eigenvalue weighted by Gasteiger charge is -2.30. The average molecular weight is 350 g/mol. The van der Waals surface area contributed by atoms with Crippen LogP contribution in [0.1, 0.15) is 22.7 Å². The van der Waals surface area contributed by atoms with E-state index in [1.165, 1.54) is 6.07 Å². The highest BCUT2D eigenvalue weighted by atomic mass is 19.1. The highest BCUT2D eigenvalue weighted by Crippen LogP contribution is 2.26. The second-order valence-electron chi connectivity index (χ2n) is 5.95. The second kappa shape index (κ2) is 8.31. The summed E-state index contributed by atoms with van der Waals surface area (Å²) >= 11 is 0. The monoisotopic (exact) mass is 350 g/mol. The van der Waals surface area contributed by atoms with Gasteiger partial charge in [0.05, 0.1) is 0 Å². The van der Waals surface area contributed by atoms with Gasteiger partial charge in [0.25, 0.3) is 0 Å². The molecule has 132 valence electrons. The molecule has 0 bridgehead atoms. The molecule has 2 aromatic heterocycles. The Morgan fingerprint density at radius 2 is 1.69 bits per heavy atom. The number of carbonyl (C=O) groups excluding carboxylic acids is 1. The Morgan fingerprint density at radius 1 is 0.962 bits per heavy atom. The van der Waals surface area contributed by atoms with Gasteiger partial charge in [-0.25, -0.2) is 4.39 Å². The fraction of sp³-hybridized carbons (Fsp3) is 0.150. The number of pyridine rings is 2. The fourth-order valence-electron chi connectivity index (χ4n) is 2.91. The van der Waals surface area contributed by atoms with Crippen molar-refractivity contribution < 1.29 is 9.18 Å². The van der Waals surface area contributed by atoms with E-state index in [-0.39, 0.29) is 5.56 Å². The van der Waals surface area contributed by atoms with Crippen molar-refractivity contribution in [3.05, 3.63) is 95.8 Å². The highest BCUT2D eigenvalue weighted by Gasteiger charge is 2.28. The topological polar surface area (TPSA) is 72.1 Å². The van der Waals surface area contributed by atoms with E-state index in [2.05, 4.69) is 9.97 Å². The summed E-state index contributed by atoms with van der Waals surface area (Å²) in [4.78, 5) is 22.2. The van der Waals surface area contributed by atoms with Gasteiger partial charge in [0.15, 0.2) is 0 Å². The quantitative estimate of drug-likeness (QED) is 0.711. The molecule has 3 rings (SSSR count). The van der Waals surface area contributed by atoms with E-state index in [0.29, 0.717) is 13.1 Å². The van der Waals surface area contributed by atoms with E-state index in [9.17, 15) is 9.18 Å². The van der Waals surface area contributed by atoms with Crippen molar-refractivity contribution in [1.82, 2.24) is 14.9 Å². The maximum absolute atomic E-state index is 14.4. The number of nitrogens with two attached hydrogens (primary N) is 1. The number of halogens is 1. The molecule has 0 aliphatic rings. The molecule has 26 heavy (non-hydrogen) atoms. The van der Waals surface area contributed by atoms with Gasteiger partial charge in [0.2, 0.25) is 5.91 Å². The van der Waals surface area contributed by atoms with Crippen LogP contribution in [0.15, 0.2) is 73.3 Å². The van der Waals surface area contributed by atoms with Crippen molar-refractivity contribution in [2.45, 2.75) is 19.1 Å². The van der Waals surface area contributed by atoms with Gasteiger partial charge < -0.3 is 5.73 Å². The van der Waals surface area contributed by atoms with Crippen LogP contribution in [-0.2, 0) is 17.9 Å². The number of nitrogens with zero attached hydrogens (tertiary/aromatic N) is 3. The van der Waals surface area contributed by atoms with Crippen molar-refractivity contribution in [2.75, 3.05) is 0 Å². The number of benzene rings is 1. The van der Waals surface area contributed by atoms with Crippen LogP contribution in [0.4, 0.5) is 4.39 Å². The van der Waals surface area contributed by atoms with E-state index in [0.717, 1.165) is 11.1 Å². The number of aromatic nitrogens is 2. The molecule has 0 aliphatic carbocycles. The maximum Gasteiger partial charge on any atom is 0.239 e. The number of rotatable bonds is 7. The molecule has 1 atom stereocenters. The van der Waals surface area contributed by atoms with Gasteiger partial charge in [-0.3, -0.25) is 19.7 Å². The zero-order valence-electron chi connectivity index (χ0n) is 14.1. The molecule has 0 aliphatic heterocycles. The van der Waals surface area contributed by atoms with Gasteiger partial charge in [-0.2, -0.15) is 0 Å².